The number of nitrogens with zero attached hydrogens (tertiary/aromatic N) is 1. The lowest BCUT2D eigenvalue weighted by molar-refractivity contribution is -0.148. The van der Waals surface area contributed by atoms with Gasteiger partial charge in [0.15, 0.2) is 0 Å². The number of methoxy groups -OCH3 is 1. The normalized spacial score (nSPS) is 20.9. The summed E-state index contributed by atoms with van der Waals surface area (Å²) < 4.78 is 42.4. The van der Waals surface area contributed by atoms with Crippen LogP contribution in [0.25, 0.3) is 0 Å². The first-order valence-electron chi connectivity index (χ1n) is 7.15. The van der Waals surface area contributed by atoms with E-state index in [9.17, 15) is 22.8 Å². The Kier molecular flexibility index (Phi) is 5.02. The van der Waals surface area contributed by atoms with Crippen molar-refractivity contribution in [3.8, 4) is 0 Å². The zero-order chi connectivity index (χ0) is 18.0. The lowest BCUT2D eigenvalue weighted by Crippen LogP contribution is -2.54. The van der Waals surface area contributed by atoms with E-state index in [1.807, 2.05) is 0 Å². The second-order valence-corrected chi connectivity index (χ2v) is 5.58. The number of alkyl halides is 3. The third-order valence-corrected chi connectivity index (χ3v) is 4.03. The Balaban J connectivity index is 2.09. The highest BCUT2D eigenvalue weighted by Gasteiger charge is 2.46. The van der Waals surface area contributed by atoms with Gasteiger partial charge in [-0.05, 0) is 24.1 Å². The molecule has 1 aromatic rings. The molecule has 6 nitrogen and oxygen atoms in total. The molecule has 0 spiro atoms. The molecule has 1 unspecified atom stereocenters. The quantitative estimate of drug-likeness (QED) is 0.816. The number of hydrogen-bond donors (Lipinski definition) is 2. The number of carbonyl (C=O) groups is 2. The van der Waals surface area contributed by atoms with Gasteiger partial charge in [-0.25, -0.2) is 9.59 Å². The fourth-order valence-electron chi connectivity index (χ4n) is 2.63. The first kappa shape index (κ1) is 18.1. The lowest BCUT2D eigenvalue weighted by Gasteiger charge is -2.27. The van der Waals surface area contributed by atoms with E-state index in [1.165, 1.54) is 19.2 Å². The Hall–Kier alpha value is -2.29. The molecule has 1 saturated heterocycles. The number of likely N-dealkylation sites (tertiary alicyclic amines) is 1. The van der Waals surface area contributed by atoms with E-state index in [2.05, 4.69) is 5.32 Å². The highest BCUT2D eigenvalue weighted by Crippen LogP contribution is 2.29. The Morgan fingerprint density at radius 3 is 2.42 bits per heavy atom. The van der Waals surface area contributed by atoms with Crippen molar-refractivity contribution in [1.82, 2.24) is 10.2 Å². The minimum atomic E-state index is -4.41. The molecule has 1 heterocycles. The van der Waals surface area contributed by atoms with Crippen LogP contribution in [0.1, 0.15) is 17.5 Å². The van der Waals surface area contributed by atoms with Crippen LogP contribution in [0.5, 0.6) is 0 Å². The standard InChI is InChI=1S/C15H17F3N2O4/c1-24-12(21)14(6-7-20(9-14)13(22)23)19-8-10-2-4-11(5-3-10)15(16,17)18/h2-5,19H,6-9H2,1H3,(H,22,23). The summed E-state index contributed by atoms with van der Waals surface area (Å²) in [7, 11) is 1.20. The second kappa shape index (κ2) is 6.68. The molecule has 0 saturated carbocycles. The SMILES string of the molecule is COC(=O)C1(NCc2ccc(C(F)(F)F)cc2)CCN(C(=O)O)C1. The van der Waals surface area contributed by atoms with E-state index in [0.717, 1.165) is 17.0 Å². The molecule has 1 fully saturated rings. The van der Waals surface area contributed by atoms with Gasteiger partial charge in [-0.1, -0.05) is 12.1 Å². The predicted molar refractivity (Wildman–Crippen MR) is 77.2 cm³/mol. The largest absolute Gasteiger partial charge is 0.468 e. The number of rotatable bonds is 4. The molecule has 0 aromatic heterocycles. The summed E-state index contributed by atoms with van der Waals surface area (Å²) in [5, 5.41) is 12.0. The van der Waals surface area contributed by atoms with Crippen molar-refractivity contribution in [2.45, 2.75) is 24.7 Å². The number of hydrogen-bond acceptors (Lipinski definition) is 4. The maximum atomic E-state index is 12.5. The van der Waals surface area contributed by atoms with E-state index < -0.39 is 29.3 Å². The molecule has 9 heteroatoms. The summed E-state index contributed by atoms with van der Waals surface area (Å²) in [6, 6.07) is 4.54. The van der Waals surface area contributed by atoms with Crippen molar-refractivity contribution in [3.63, 3.8) is 0 Å². The third-order valence-electron chi connectivity index (χ3n) is 4.03. The molecular weight excluding hydrogens is 329 g/mol. The molecule has 0 aliphatic carbocycles. The van der Waals surface area contributed by atoms with Crippen LogP contribution in [0.4, 0.5) is 18.0 Å². The number of carbonyl (C=O) groups excluding carboxylic acids is 1. The van der Waals surface area contributed by atoms with Crippen molar-refractivity contribution >= 4 is 12.1 Å². The maximum absolute atomic E-state index is 12.5. The van der Waals surface area contributed by atoms with Crippen LogP contribution >= 0.6 is 0 Å². The van der Waals surface area contributed by atoms with Gasteiger partial charge in [0.25, 0.3) is 0 Å². The average Bonchev–Trinajstić information content (AvgIpc) is 2.98. The Labute approximate surface area is 136 Å². The van der Waals surface area contributed by atoms with Gasteiger partial charge in [0.1, 0.15) is 5.54 Å². The topological polar surface area (TPSA) is 78.9 Å². The first-order chi connectivity index (χ1) is 11.2. The molecule has 2 rings (SSSR count). The fourth-order valence-corrected chi connectivity index (χ4v) is 2.63. The highest BCUT2D eigenvalue weighted by atomic mass is 19.4. The van der Waals surface area contributed by atoms with Gasteiger partial charge in [-0.3, -0.25) is 5.32 Å². The molecule has 0 bridgehead atoms. The van der Waals surface area contributed by atoms with Gasteiger partial charge in [0, 0.05) is 13.1 Å². The predicted octanol–water partition coefficient (Wildman–Crippen LogP) is 2.09. The van der Waals surface area contributed by atoms with Gasteiger partial charge in [-0.15, -0.1) is 0 Å². The average molecular weight is 346 g/mol. The van der Waals surface area contributed by atoms with E-state index >= 15 is 0 Å². The van der Waals surface area contributed by atoms with Gasteiger partial charge in [-0.2, -0.15) is 13.2 Å². The van der Waals surface area contributed by atoms with Crippen molar-refractivity contribution in [1.29, 1.82) is 0 Å². The van der Waals surface area contributed by atoms with Crippen molar-refractivity contribution in [2.24, 2.45) is 0 Å². The zero-order valence-corrected chi connectivity index (χ0v) is 12.9. The minimum absolute atomic E-state index is 0.0738. The maximum Gasteiger partial charge on any atom is 0.416 e. The number of benzene rings is 1. The van der Waals surface area contributed by atoms with Crippen LogP contribution in [-0.2, 0) is 22.3 Å². The van der Waals surface area contributed by atoms with E-state index in [0.29, 0.717) is 5.56 Å². The number of carboxylic acid groups (broad SMARTS) is 1. The molecule has 132 valence electrons. The van der Waals surface area contributed by atoms with Crippen molar-refractivity contribution in [2.75, 3.05) is 20.2 Å². The number of ether oxygens (including phenoxy) is 1. The van der Waals surface area contributed by atoms with Crippen molar-refractivity contribution in [3.05, 3.63) is 35.4 Å². The lowest BCUT2D eigenvalue weighted by atomic mass is 9.98. The van der Waals surface area contributed by atoms with Gasteiger partial charge in [0.2, 0.25) is 0 Å². The second-order valence-electron chi connectivity index (χ2n) is 5.58. The van der Waals surface area contributed by atoms with Crippen LogP contribution in [-0.4, -0.2) is 47.8 Å². The molecule has 1 aliphatic rings. The number of halogens is 3. The van der Waals surface area contributed by atoms with Crippen LogP contribution in [0.15, 0.2) is 24.3 Å². The minimum Gasteiger partial charge on any atom is -0.468 e. The molecule has 0 radical (unpaired) electrons. The Bertz CT molecular complexity index is 618. The molecule has 1 aliphatic heterocycles. The fraction of sp³-hybridized carbons (Fsp3) is 0.467. The summed E-state index contributed by atoms with van der Waals surface area (Å²) in [6.07, 6.45) is -5.32. The Morgan fingerprint density at radius 2 is 1.96 bits per heavy atom. The highest BCUT2D eigenvalue weighted by molar-refractivity contribution is 5.83. The van der Waals surface area contributed by atoms with Gasteiger partial charge in [0.05, 0.1) is 19.2 Å². The molecular formula is C15H17F3N2O4. The summed E-state index contributed by atoms with van der Waals surface area (Å²) in [4.78, 5) is 24.2. The van der Waals surface area contributed by atoms with Crippen LogP contribution in [0.2, 0.25) is 0 Å². The molecule has 2 N–H and O–H groups in total. The molecule has 24 heavy (non-hydrogen) atoms. The van der Waals surface area contributed by atoms with E-state index in [4.69, 9.17) is 9.84 Å². The van der Waals surface area contributed by atoms with Crippen LogP contribution in [0, 0.1) is 0 Å². The van der Waals surface area contributed by atoms with E-state index in [1.54, 1.807) is 0 Å². The van der Waals surface area contributed by atoms with E-state index in [-0.39, 0.29) is 26.1 Å². The molecule has 1 aromatic carbocycles. The molecule has 1 amide bonds. The number of nitrogens with one attached hydrogen (secondary N) is 1. The molecule has 1 atom stereocenters. The Morgan fingerprint density at radius 1 is 1.33 bits per heavy atom. The monoisotopic (exact) mass is 346 g/mol. The first-order valence-corrected chi connectivity index (χ1v) is 7.15. The third kappa shape index (κ3) is 3.78. The number of esters is 1. The summed E-state index contributed by atoms with van der Waals surface area (Å²) >= 11 is 0. The number of amides is 1. The zero-order valence-electron chi connectivity index (χ0n) is 12.9. The van der Waals surface area contributed by atoms with Crippen LogP contribution in [0.3, 0.4) is 0 Å². The summed E-state index contributed by atoms with van der Waals surface area (Å²) in [5.41, 5.74) is -1.41. The summed E-state index contributed by atoms with van der Waals surface area (Å²) in [6.45, 7) is 0.209. The smallest absolute Gasteiger partial charge is 0.416 e. The summed E-state index contributed by atoms with van der Waals surface area (Å²) in [5.74, 6) is -0.599. The van der Waals surface area contributed by atoms with Gasteiger partial charge >= 0.3 is 18.2 Å². The van der Waals surface area contributed by atoms with Crippen molar-refractivity contribution < 1.29 is 32.6 Å². The van der Waals surface area contributed by atoms with Crippen LogP contribution < -0.4 is 5.32 Å². The van der Waals surface area contributed by atoms with Gasteiger partial charge < -0.3 is 14.7 Å².